The van der Waals surface area contributed by atoms with Crippen molar-refractivity contribution < 1.29 is 13.2 Å². The summed E-state index contributed by atoms with van der Waals surface area (Å²) in [7, 11) is -3.98. The number of amides is 1. The minimum absolute atomic E-state index is 0.119. The molecule has 0 aliphatic carbocycles. The van der Waals surface area contributed by atoms with Gasteiger partial charge in [-0.1, -0.05) is 71.7 Å². The van der Waals surface area contributed by atoms with Crippen LogP contribution in [0.2, 0.25) is 0 Å². The molecule has 1 N–H and O–H groups in total. The van der Waals surface area contributed by atoms with Crippen molar-refractivity contribution in [2.45, 2.75) is 38.5 Å². The van der Waals surface area contributed by atoms with Crippen LogP contribution in [0.5, 0.6) is 0 Å². The molecule has 0 aliphatic rings. The Morgan fingerprint density at radius 3 is 2.12 bits per heavy atom. The molecular formula is C26H28BrN3O3S. The van der Waals surface area contributed by atoms with Gasteiger partial charge in [-0.3, -0.25) is 9.10 Å². The smallest absolute Gasteiger partial charge is 0.264 e. The highest BCUT2D eigenvalue weighted by atomic mass is 79.9. The molecule has 0 saturated heterocycles. The summed E-state index contributed by atoms with van der Waals surface area (Å²) in [5.74, 6) is -0.240. The number of hydrogen-bond donors (Lipinski definition) is 1. The molecule has 1 amide bonds. The van der Waals surface area contributed by atoms with Crippen molar-refractivity contribution in [3.05, 3.63) is 94.0 Å². The number of hydrogen-bond acceptors (Lipinski definition) is 4. The minimum Gasteiger partial charge on any atom is -0.271 e. The van der Waals surface area contributed by atoms with Crippen LogP contribution in [-0.4, -0.2) is 26.6 Å². The first-order valence-corrected chi connectivity index (χ1v) is 13.1. The van der Waals surface area contributed by atoms with Crippen LogP contribution in [0.25, 0.3) is 0 Å². The number of benzene rings is 3. The van der Waals surface area contributed by atoms with Gasteiger partial charge in [0.15, 0.2) is 0 Å². The van der Waals surface area contributed by atoms with E-state index in [1.54, 1.807) is 43.3 Å². The van der Waals surface area contributed by atoms with Gasteiger partial charge < -0.3 is 0 Å². The normalized spacial score (nSPS) is 12.0. The van der Waals surface area contributed by atoms with Crippen molar-refractivity contribution in [3.63, 3.8) is 0 Å². The summed E-state index contributed by atoms with van der Waals surface area (Å²) in [6.07, 6.45) is 0. The number of carbonyl (C=O) groups excluding carboxylic acids is 1. The van der Waals surface area contributed by atoms with E-state index < -0.39 is 22.5 Å². The van der Waals surface area contributed by atoms with Crippen molar-refractivity contribution in [1.29, 1.82) is 0 Å². The lowest BCUT2D eigenvalue weighted by Gasteiger charge is -2.24. The van der Waals surface area contributed by atoms with Gasteiger partial charge in [0.25, 0.3) is 15.9 Å². The van der Waals surface area contributed by atoms with E-state index in [4.69, 9.17) is 0 Å². The molecule has 0 radical (unpaired) electrons. The monoisotopic (exact) mass is 541 g/mol. The lowest BCUT2D eigenvalue weighted by molar-refractivity contribution is -0.119. The molecule has 34 heavy (non-hydrogen) atoms. The molecule has 0 aromatic heterocycles. The first-order chi connectivity index (χ1) is 16.1. The molecule has 3 aromatic carbocycles. The van der Waals surface area contributed by atoms with Crippen molar-refractivity contribution >= 4 is 43.3 Å². The summed E-state index contributed by atoms with van der Waals surface area (Å²) in [5, 5.41) is 4.15. The zero-order valence-electron chi connectivity index (χ0n) is 19.6. The van der Waals surface area contributed by atoms with Gasteiger partial charge in [-0.25, -0.2) is 13.8 Å². The maximum Gasteiger partial charge on any atom is 0.264 e. The third kappa shape index (κ3) is 6.33. The second-order valence-electron chi connectivity index (χ2n) is 8.31. The van der Waals surface area contributed by atoms with Crippen LogP contribution in [0.1, 0.15) is 43.4 Å². The Morgan fingerprint density at radius 2 is 1.56 bits per heavy atom. The molecule has 6 nitrogen and oxygen atoms in total. The van der Waals surface area contributed by atoms with E-state index in [0.29, 0.717) is 17.3 Å². The van der Waals surface area contributed by atoms with E-state index in [0.717, 1.165) is 25.5 Å². The largest absolute Gasteiger partial charge is 0.271 e. The van der Waals surface area contributed by atoms with E-state index >= 15 is 0 Å². The summed E-state index contributed by atoms with van der Waals surface area (Å²) in [5.41, 5.74) is 6.38. The van der Waals surface area contributed by atoms with E-state index in [2.05, 4.69) is 40.3 Å². The molecule has 0 unspecified atom stereocenters. The molecule has 178 valence electrons. The number of aryl methyl sites for hydroxylation is 1. The van der Waals surface area contributed by atoms with E-state index in [1.807, 2.05) is 43.3 Å². The van der Waals surface area contributed by atoms with E-state index in [9.17, 15) is 13.2 Å². The highest BCUT2D eigenvalue weighted by Gasteiger charge is 2.27. The Hall–Kier alpha value is -2.97. The van der Waals surface area contributed by atoms with Crippen LogP contribution in [-0.2, 0) is 14.8 Å². The number of halogens is 1. The number of rotatable bonds is 8. The van der Waals surface area contributed by atoms with Gasteiger partial charge in [0.2, 0.25) is 0 Å². The summed E-state index contributed by atoms with van der Waals surface area (Å²) in [6.45, 7) is 7.38. The third-order valence-corrected chi connectivity index (χ3v) is 7.67. The van der Waals surface area contributed by atoms with Crippen LogP contribution >= 0.6 is 15.9 Å². The molecule has 3 rings (SSSR count). The van der Waals surface area contributed by atoms with E-state index in [1.165, 1.54) is 0 Å². The number of sulfonamides is 1. The third-order valence-electron chi connectivity index (χ3n) is 5.35. The summed E-state index contributed by atoms with van der Waals surface area (Å²) in [4.78, 5) is 12.9. The molecule has 0 spiro atoms. The predicted octanol–water partition coefficient (Wildman–Crippen LogP) is 5.62. The van der Waals surface area contributed by atoms with Crippen LogP contribution in [0.15, 0.2) is 87.3 Å². The van der Waals surface area contributed by atoms with Crippen molar-refractivity contribution in [1.82, 2.24) is 5.43 Å². The second kappa shape index (κ2) is 11.0. The zero-order chi connectivity index (χ0) is 24.9. The van der Waals surface area contributed by atoms with E-state index in [-0.39, 0.29) is 4.90 Å². The van der Waals surface area contributed by atoms with Crippen LogP contribution in [0.4, 0.5) is 5.69 Å². The SMILES string of the molecule is C/C(=N/NC(=O)CN(c1ccc(C(C)C)cc1)S(=O)(=O)c1ccc(C)cc1)c1ccc(Br)cc1. The summed E-state index contributed by atoms with van der Waals surface area (Å²) in [6, 6.07) is 21.3. The maximum atomic E-state index is 13.5. The van der Waals surface area contributed by atoms with Crippen LogP contribution in [0, 0.1) is 6.92 Å². The fourth-order valence-electron chi connectivity index (χ4n) is 3.25. The number of carbonyl (C=O) groups is 1. The van der Waals surface area contributed by atoms with Crippen molar-refractivity contribution in [2.75, 3.05) is 10.8 Å². The van der Waals surface area contributed by atoms with Crippen LogP contribution < -0.4 is 9.73 Å². The fourth-order valence-corrected chi connectivity index (χ4v) is 4.93. The lowest BCUT2D eigenvalue weighted by Crippen LogP contribution is -2.39. The minimum atomic E-state index is -3.98. The first kappa shape index (κ1) is 25.6. The molecule has 0 bridgehead atoms. The molecule has 0 aliphatic heterocycles. The average molecular weight is 542 g/mol. The molecule has 0 fully saturated rings. The lowest BCUT2D eigenvalue weighted by atomic mass is 10.0. The highest BCUT2D eigenvalue weighted by molar-refractivity contribution is 9.10. The van der Waals surface area contributed by atoms with Crippen molar-refractivity contribution in [3.8, 4) is 0 Å². The molecule has 0 saturated carbocycles. The Kier molecular flexibility index (Phi) is 8.28. The van der Waals surface area contributed by atoms with Gasteiger partial charge in [0.1, 0.15) is 6.54 Å². The first-order valence-electron chi connectivity index (χ1n) is 10.9. The Morgan fingerprint density at radius 1 is 0.971 bits per heavy atom. The Labute approximate surface area is 209 Å². The quantitative estimate of drug-likeness (QED) is 0.297. The Balaban J connectivity index is 1.88. The number of anilines is 1. The van der Waals surface area contributed by atoms with Gasteiger partial charge in [-0.2, -0.15) is 5.10 Å². The van der Waals surface area contributed by atoms with Gasteiger partial charge in [-0.05, 0) is 67.3 Å². The maximum absolute atomic E-state index is 13.5. The van der Waals surface area contributed by atoms with Crippen molar-refractivity contribution in [2.24, 2.45) is 5.10 Å². The molecular weight excluding hydrogens is 514 g/mol. The number of nitrogens with zero attached hydrogens (tertiary/aromatic N) is 2. The van der Waals surface area contributed by atoms with Gasteiger partial charge in [0, 0.05) is 4.47 Å². The van der Waals surface area contributed by atoms with Gasteiger partial charge in [-0.15, -0.1) is 0 Å². The predicted molar refractivity (Wildman–Crippen MR) is 141 cm³/mol. The molecule has 0 atom stereocenters. The topological polar surface area (TPSA) is 78.8 Å². The zero-order valence-corrected chi connectivity index (χ0v) is 22.0. The standard InChI is InChI=1S/C26H28BrN3O3S/c1-18(2)21-9-13-24(14-10-21)30(34(32,33)25-15-5-19(3)6-16-25)17-26(31)29-28-20(4)22-7-11-23(27)12-8-22/h5-16,18H,17H2,1-4H3,(H,29,31)/b28-20-. The molecule has 3 aromatic rings. The fraction of sp³-hybridized carbons (Fsp3) is 0.231. The highest BCUT2D eigenvalue weighted by Crippen LogP contribution is 2.26. The number of hydrazone groups is 1. The van der Waals surface area contributed by atoms with Gasteiger partial charge >= 0.3 is 0 Å². The average Bonchev–Trinajstić information content (AvgIpc) is 2.81. The van der Waals surface area contributed by atoms with Gasteiger partial charge in [0.05, 0.1) is 16.3 Å². The van der Waals surface area contributed by atoms with Crippen LogP contribution in [0.3, 0.4) is 0 Å². The number of nitrogens with one attached hydrogen (secondary N) is 1. The Bertz CT molecular complexity index is 1270. The molecule has 8 heteroatoms. The summed E-state index contributed by atoms with van der Waals surface area (Å²) >= 11 is 3.39. The molecule has 0 heterocycles. The summed E-state index contributed by atoms with van der Waals surface area (Å²) < 4.78 is 29.0. The second-order valence-corrected chi connectivity index (χ2v) is 11.1.